The first-order valence-corrected chi connectivity index (χ1v) is 22.8. The smallest absolute Gasteiger partial charge is 1.00 e. The summed E-state index contributed by atoms with van der Waals surface area (Å²) in [7, 11) is -1.06. The van der Waals surface area contributed by atoms with Crippen LogP contribution in [0.4, 0.5) is 26.3 Å². The number of hydrogen-bond acceptors (Lipinski definition) is 0. The summed E-state index contributed by atoms with van der Waals surface area (Å²) in [5.41, 5.74) is 10.6. The average Bonchev–Trinajstić information content (AvgIpc) is 3.61. The third-order valence-corrected chi connectivity index (χ3v) is 13.1. The van der Waals surface area contributed by atoms with E-state index in [4.69, 9.17) is 0 Å². The van der Waals surface area contributed by atoms with E-state index < -0.39 is 31.6 Å². The van der Waals surface area contributed by atoms with Gasteiger partial charge in [0.05, 0.1) is 0 Å². The van der Waals surface area contributed by atoms with Crippen LogP contribution in [0.5, 0.6) is 0 Å². The molecular formula is C46H50Cl2F6SiZr-2. The Labute approximate surface area is 358 Å². The predicted octanol–water partition coefficient (Wildman–Crippen LogP) is 7.07. The Hall–Kier alpha value is -2.64. The molecule has 0 heterocycles. The molecular weight excluding hydrogens is 857 g/mol. The number of hydrogen-bond donors (Lipinski definition) is 0. The van der Waals surface area contributed by atoms with Gasteiger partial charge in [-0.25, -0.2) is 6.07 Å². The second kappa shape index (κ2) is 18.5. The molecule has 5 aromatic carbocycles. The zero-order valence-corrected chi connectivity index (χ0v) is 38.9. The average molecular weight is 907 g/mol. The molecule has 0 amide bonds. The minimum atomic E-state index is -4.49. The Kier molecular flexibility index (Phi) is 16.4. The SMILES string of the molecule is CC(C)(C)c1c[c-]c2c(c1)-c1cc(C(C)(C)C)ccc1C2.Cc1cc([Si](C)(C)C)c(C)[cH-]1.FC(F)(F)c1cccc([C](=[Zr+2])c2cccc(C(F)(F)F)c2)c1.[Cl-].[Cl-]. The predicted molar refractivity (Wildman–Crippen MR) is 212 cm³/mol. The van der Waals surface area contributed by atoms with Gasteiger partial charge < -0.3 is 24.8 Å². The van der Waals surface area contributed by atoms with Crippen molar-refractivity contribution < 1.29 is 75.4 Å². The van der Waals surface area contributed by atoms with Gasteiger partial charge in [0.1, 0.15) is 0 Å². The van der Waals surface area contributed by atoms with Crippen molar-refractivity contribution in [3.8, 4) is 11.1 Å². The Morgan fingerprint density at radius 2 is 1.12 bits per heavy atom. The molecule has 0 spiro atoms. The summed E-state index contributed by atoms with van der Waals surface area (Å²) in [5, 5.41) is 1.62. The van der Waals surface area contributed by atoms with E-state index in [1.807, 2.05) is 0 Å². The van der Waals surface area contributed by atoms with Gasteiger partial charge in [-0.05, 0) is 17.4 Å². The van der Waals surface area contributed by atoms with Crippen molar-refractivity contribution >= 4 is 16.5 Å². The second-order valence-corrected chi connectivity index (χ2v) is 23.5. The van der Waals surface area contributed by atoms with Gasteiger partial charge in [0.2, 0.25) is 0 Å². The third-order valence-electron chi connectivity index (χ3n) is 9.53. The first-order chi connectivity index (χ1) is 24.7. The normalized spacial score (nSPS) is 12.5. The van der Waals surface area contributed by atoms with Crippen molar-refractivity contribution in [1.29, 1.82) is 0 Å². The summed E-state index contributed by atoms with van der Waals surface area (Å²) in [6.07, 6.45) is -7.94. The fourth-order valence-electron chi connectivity index (χ4n) is 6.46. The largest absolute Gasteiger partial charge is 1.00 e. The fourth-order valence-corrected chi connectivity index (χ4v) is 9.14. The Morgan fingerprint density at radius 1 is 0.643 bits per heavy atom. The summed E-state index contributed by atoms with van der Waals surface area (Å²) >= 11 is 0.729. The molecule has 0 radical (unpaired) electrons. The molecule has 0 saturated carbocycles. The van der Waals surface area contributed by atoms with E-state index in [9.17, 15) is 26.3 Å². The number of alkyl halides is 6. The molecule has 0 N–H and O–H groups in total. The first-order valence-electron chi connectivity index (χ1n) is 18.0. The van der Waals surface area contributed by atoms with Gasteiger partial charge in [-0.15, -0.1) is 5.56 Å². The summed E-state index contributed by atoms with van der Waals surface area (Å²) in [6.45, 7) is 25.2. The fraction of sp³-hybridized carbons (Fsp3) is 0.348. The van der Waals surface area contributed by atoms with Crippen LogP contribution in [-0.4, -0.2) is 11.3 Å². The van der Waals surface area contributed by atoms with Crippen LogP contribution in [-0.2, 0) is 53.8 Å². The van der Waals surface area contributed by atoms with Crippen LogP contribution in [0.15, 0.2) is 91.0 Å². The van der Waals surface area contributed by atoms with Gasteiger partial charge in [-0.2, -0.15) is 51.7 Å². The van der Waals surface area contributed by atoms with Gasteiger partial charge in [0, 0.05) is 8.07 Å². The van der Waals surface area contributed by atoms with E-state index in [1.165, 1.54) is 68.8 Å². The van der Waals surface area contributed by atoms with E-state index in [0.717, 1.165) is 54.9 Å². The van der Waals surface area contributed by atoms with Crippen molar-refractivity contribution in [2.75, 3.05) is 0 Å². The van der Waals surface area contributed by atoms with E-state index in [2.05, 4.69) is 124 Å². The van der Waals surface area contributed by atoms with Gasteiger partial charge in [0.15, 0.2) is 0 Å². The van der Waals surface area contributed by atoms with Crippen LogP contribution in [0.25, 0.3) is 11.1 Å². The van der Waals surface area contributed by atoms with Crippen LogP contribution in [0.2, 0.25) is 19.6 Å². The maximum Gasteiger partial charge on any atom is -1.00 e. The molecule has 5 aromatic rings. The molecule has 0 atom stereocenters. The molecule has 300 valence electrons. The molecule has 6 rings (SSSR count). The standard InChI is InChI=1S/C21H25.C15H8F6.C10H17Si.2ClH.Zr/c1-20(2,3)16-9-7-14-11-15-8-10-17(21(4,5)6)13-19(15)18(14)12-16;16-14(17,18)12-5-1-3-10(8-12)7-11-4-2-6-13(9-11)15(19,20)21;1-8-6-9(2)10(7-8)11(3,4)5;;;/h7,9-10,12-13H,11H2,1-6H3;1-6,8-9H;6-7H,1-5H3;2*1H;/q-1;;-1;;;+2/p-2. The van der Waals surface area contributed by atoms with Gasteiger partial charge in [-0.3, -0.25) is 0 Å². The van der Waals surface area contributed by atoms with Gasteiger partial charge in [-0.1, -0.05) is 110 Å². The maximum atomic E-state index is 12.7. The number of rotatable bonds is 3. The summed E-state index contributed by atoms with van der Waals surface area (Å²) in [5.74, 6) is 0. The molecule has 0 fully saturated rings. The van der Waals surface area contributed by atoms with Crippen LogP contribution >= 0.6 is 0 Å². The molecule has 0 saturated heterocycles. The zero-order chi connectivity index (χ0) is 40.6. The monoisotopic (exact) mass is 904 g/mol. The molecule has 1 aliphatic carbocycles. The van der Waals surface area contributed by atoms with Crippen molar-refractivity contribution in [3.63, 3.8) is 0 Å². The van der Waals surface area contributed by atoms with Crippen molar-refractivity contribution in [3.05, 3.63) is 153 Å². The first kappa shape index (κ1) is 49.5. The molecule has 0 aliphatic heterocycles. The summed E-state index contributed by atoms with van der Waals surface area (Å²) in [4.78, 5) is 0. The second-order valence-electron chi connectivity index (χ2n) is 17.2. The quantitative estimate of drug-likeness (QED) is 0.101. The van der Waals surface area contributed by atoms with E-state index in [-0.39, 0.29) is 46.8 Å². The Morgan fingerprint density at radius 3 is 1.52 bits per heavy atom. The van der Waals surface area contributed by atoms with Crippen molar-refractivity contribution in [2.24, 2.45) is 0 Å². The van der Waals surface area contributed by atoms with Crippen molar-refractivity contribution in [2.45, 2.75) is 105 Å². The zero-order valence-electron chi connectivity index (χ0n) is 33.9. The van der Waals surface area contributed by atoms with E-state index in [1.54, 1.807) is 5.19 Å². The minimum absolute atomic E-state index is 0. The third kappa shape index (κ3) is 12.7. The molecule has 0 bridgehead atoms. The van der Waals surface area contributed by atoms with E-state index in [0.29, 0.717) is 3.21 Å². The van der Waals surface area contributed by atoms with E-state index >= 15 is 0 Å². The van der Waals surface area contributed by atoms with Crippen LogP contribution in [0, 0.1) is 19.9 Å². The molecule has 1 aliphatic rings. The number of fused-ring (bicyclic) bond motifs is 3. The van der Waals surface area contributed by atoms with Crippen LogP contribution in [0.3, 0.4) is 0 Å². The van der Waals surface area contributed by atoms with Crippen LogP contribution < -0.4 is 30.0 Å². The molecule has 0 unspecified atom stereocenters. The van der Waals surface area contributed by atoms with Gasteiger partial charge >= 0.3 is 137 Å². The molecule has 0 aromatic heterocycles. The summed E-state index contributed by atoms with van der Waals surface area (Å²) < 4.78 is 76.7. The summed E-state index contributed by atoms with van der Waals surface area (Å²) in [6, 6.07) is 28.9. The maximum absolute atomic E-state index is 12.7. The Balaban J connectivity index is 0.000000300. The van der Waals surface area contributed by atoms with Crippen LogP contribution in [0.1, 0.15) is 97.2 Å². The minimum Gasteiger partial charge on any atom is -1.00 e. The molecule has 0 nitrogen and oxygen atoms in total. The number of benzene rings is 4. The number of halogens is 8. The number of aryl methyl sites for hydroxylation is 2. The Bertz CT molecular complexity index is 2000. The topological polar surface area (TPSA) is 0 Å². The van der Waals surface area contributed by atoms with Crippen molar-refractivity contribution in [1.82, 2.24) is 0 Å². The molecule has 56 heavy (non-hydrogen) atoms. The van der Waals surface area contributed by atoms with Gasteiger partial charge in [0.25, 0.3) is 0 Å². The molecule has 10 heteroatoms.